The highest BCUT2D eigenvalue weighted by molar-refractivity contribution is 5.69. The summed E-state index contributed by atoms with van der Waals surface area (Å²) >= 11 is 0. The predicted octanol–water partition coefficient (Wildman–Crippen LogP) is 2.59. The molecule has 0 saturated carbocycles. The third-order valence-corrected chi connectivity index (χ3v) is 3.52. The molecule has 2 rings (SSSR count). The van der Waals surface area contributed by atoms with Crippen molar-refractivity contribution < 1.29 is 14.3 Å². The highest BCUT2D eigenvalue weighted by Crippen LogP contribution is 2.40. The van der Waals surface area contributed by atoms with Crippen molar-refractivity contribution in [2.75, 3.05) is 19.7 Å². The Balaban J connectivity index is 1.84. The third kappa shape index (κ3) is 2.69. The maximum absolute atomic E-state index is 11.8. The largest absolute Gasteiger partial charge is 0.444 e. The van der Waals surface area contributed by atoms with E-state index in [9.17, 15) is 4.79 Å². The fourth-order valence-corrected chi connectivity index (χ4v) is 2.49. The molecule has 2 aliphatic rings. The van der Waals surface area contributed by atoms with Gasteiger partial charge in [-0.25, -0.2) is 4.79 Å². The van der Waals surface area contributed by atoms with E-state index in [4.69, 9.17) is 9.47 Å². The molecule has 0 aromatic rings. The Kier molecular flexibility index (Phi) is 3.18. The molecule has 1 amide bonds. The van der Waals surface area contributed by atoms with E-state index in [0.717, 1.165) is 13.0 Å². The summed E-state index contributed by atoms with van der Waals surface area (Å²) in [5, 5.41) is 0. The van der Waals surface area contributed by atoms with Crippen LogP contribution in [-0.4, -0.2) is 41.9 Å². The highest BCUT2D eigenvalue weighted by Gasteiger charge is 2.52. The molecule has 4 nitrogen and oxygen atoms in total. The summed E-state index contributed by atoms with van der Waals surface area (Å²) in [5.41, 5.74) is 0.597. The zero-order valence-electron chi connectivity index (χ0n) is 11.8. The summed E-state index contributed by atoms with van der Waals surface area (Å²) in [6.07, 6.45) is 0.734. The number of carbonyl (C=O) groups excluding carboxylic acids is 1. The van der Waals surface area contributed by atoms with Gasteiger partial charge in [0.1, 0.15) is 11.2 Å². The molecule has 102 valence electrons. The number of hydrogen-bond donors (Lipinski definition) is 0. The molecular formula is C14H23NO3. The Labute approximate surface area is 109 Å². The second-order valence-electron chi connectivity index (χ2n) is 6.58. The first-order chi connectivity index (χ1) is 8.21. The quantitative estimate of drug-likeness (QED) is 0.674. The molecule has 0 aliphatic carbocycles. The van der Waals surface area contributed by atoms with Crippen molar-refractivity contribution >= 4 is 6.09 Å². The van der Waals surface area contributed by atoms with Crippen molar-refractivity contribution in [3.05, 3.63) is 12.2 Å². The van der Waals surface area contributed by atoms with E-state index < -0.39 is 5.60 Å². The van der Waals surface area contributed by atoms with Crippen LogP contribution in [0.4, 0.5) is 4.79 Å². The second-order valence-corrected chi connectivity index (χ2v) is 6.58. The molecule has 0 aromatic heterocycles. The van der Waals surface area contributed by atoms with E-state index in [1.165, 1.54) is 5.57 Å². The van der Waals surface area contributed by atoms with Gasteiger partial charge in [0.05, 0.1) is 19.7 Å². The summed E-state index contributed by atoms with van der Waals surface area (Å²) in [4.78, 5) is 13.5. The summed E-state index contributed by atoms with van der Waals surface area (Å²) in [7, 11) is 0. The maximum Gasteiger partial charge on any atom is 0.410 e. The molecule has 4 heteroatoms. The number of nitrogens with zero attached hydrogens (tertiary/aromatic N) is 1. The average molecular weight is 253 g/mol. The molecule has 0 N–H and O–H groups in total. The van der Waals surface area contributed by atoms with Gasteiger partial charge in [0.2, 0.25) is 0 Å². The fraction of sp³-hybridized carbons (Fsp3) is 0.786. The number of amides is 1. The Morgan fingerprint density at radius 3 is 2.50 bits per heavy atom. The van der Waals surface area contributed by atoms with Gasteiger partial charge in [0, 0.05) is 5.92 Å². The molecule has 2 fully saturated rings. The minimum absolute atomic E-state index is 0.138. The smallest absolute Gasteiger partial charge is 0.410 e. The van der Waals surface area contributed by atoms with Crippen LogP contribution in [0.5, 0.6) is 0 Å². The van der Waals surface area contributed by atoms with Crippen molar-refractivity contribution in [2.24, 2.45) is 5.92 Å². The SMILES string of the molecule is C=C(C)C1COC2(C1)CN(C(=O)OC(C)(C)C)C2. The van der Waals surface area contributed by atoms with E-state index in [1.54, 1.807) is 4.90 Å². The van der Waals surface area contributed by atoms with E-state index in [0.29, 0.717) is 19.0 Å². The van der Waals surface area contributed by atoms with Crippen LogP contribution in [-0.2, 0) is 9.47 Å². The first kappa shape index (κ1) is 13.4. The predicted molar refractivity (Wildman–Crippen MR) is 69.4 cm³/mol. The van der Waals surface area contributed by atoms with E-state index >= 15 is 0 Å². The summed E-state index contributed by atoms with van der Waals surface area (Å²) in [6.45, 7) is 13.7. The van der Waals surface area contributed by atoms with Gasteiger partial charge in [0.15, 0.2) is 0 Å². The Morgan fingerprint density at radius 2 is 2.06 bits per heavy atom. The number of rotatable bonds is 1. The lowest BCUT2D eigenvalue weighted by Gasteiger charge is -2.47. The molecule has 18 heavy (non-hydrogen) atoms. The Morgan fingerprint density at radius 1 is 1.44 bits per heavy atom. The van der Waals surface area contributed by atoms with Crippen LogP contribution in [0.3, 0.4) is 0 Å². The molecule has 0 radical (unpaired) electrons. The first-order valence-electron chi connectivity index (χ1n) is 6.48. The Bertz CT molecular complexity index is 364. The number of carbonyl (C=O) groups is 1. The second kappa shape index (κ2) is 4.26. The average Bonchev–Trinajstić information content (AvgIpc) is 2.56. The molecule has 0 bridgehead atoms. The van der Waals surface area contributed by atoms with Gasteiger partial charge in [-0.3, -0.25) is 0 Å². The van der Waals surface area contributed by atoms with Crippen molar-refractivity contribution in [1.29, 1.82) is 0 Å². The normalized spacial score (nSPS) is 26.0. The van der Waals surface area contributed by atoms with Gasteiger partial charge < -0.3 is 14.4 Å². The minimum atomic E-state index is -0.434. The standard InChI is InChI=1S/C14H23NO3/c1-10(2)11-6-14(17-7-11)8-15(9-14)12(16)18-13(3,4)5/h11H,1,6-9H2,2-5H3. The fourth-order valence-electron chi connectivity index (χ4n) is 2.49. The lowest BCUT2D eigenvalue weighted by Crippen LogP contribution is -2.63. The lowest BCUT2D eigenvalue weighted by molar-refractivity contribution is -0.109. The van der Waals surface area contributed by atoms with Gasteiger partial charge >= 0.3 is 6.09 Å². The van der Waals surface area contributed by atoms with Gasteiger partial charge in [-0.05, 0) is 34.1 Å². The maximum atomic E-state index is 11.8. The van der Waals surface area contributed by atoms with Crippen molar-refractivity contribution in [1.82, 2.24) is 4.90 Å². The molecule has 1 unspecified atom stereocenters. The van der Waals surface area contributed by atoms with Crippen LogP contribution >= 0.6 is 0 Å². The van der Waals surface area contributed by atoms with Crippen LogP contribution in [0.1, 0.15) is 34.1 Å². The Hall–Kier alpha value is -1.03. The molecule has 2 aliphatic heterocycles. The molecule has 2 heterocycles. The van der Waals surface area contributed by atoms with Crippen LogP contribution < -0.4 is 0 Å². The van der Waals surface area contributed by atoms with Crippen LogP contribution in [0.2, 0.25) is 0 Å². The first-order valence-corrected chi connectivity index (χ1v) is 6.48. The molecule has 2 saturated heterocycles. The van der Waals surface area contributed by atoms with E-state index in [2.05, 4.69) is 6.58 Å². The number of hydrogen-bond acceptors (Lipinski definition) is 3. The van der Waals surface area contributed by atoms with Gasteiger partial charge in [0.25, 0.3) is 0 Å². The third-order valence-electron chi connectivity index (χ3n) is 3.52. The highest BCUT2D eigenvalue weighted by atomic mass is 16.6. The van der Waals surface area contributed by atoms with Crippen LogP contribution in [0, 0.1) is 5.92 Å². The summed E-state index contributed by atoms with van der Waals surface area (Å²) in [5.74, 6) is 0.436. The minimum Gasteiger partial charge on any atom is -0.444 e. The zero-order valence-corrected chi connectivity index (χ0v) is 11.8. The topological polar surface area (TPSA) is 38.8 Å². The summed E-state index contributed by atoms with van der Waals surface area (Å²) < 4.78 is 11.2. The molecule has 1 spiro atoms. The van der Waals surface area contributed by atoms with Gasteiger partial charge in [-0.15, -0.1) is 0 Å². The van der Waals surface area contributed by atoms with Gasteiger partial charge in [-0.2, -0.15) is 0 Å². The number of likely N-dealkylation sites (tertiary alicyclic amines) is 1. The zero-order chi connectivity index (χ0) is 13.6. The van der Waals surface area contributed by atoms with Crippen molar-refractivity contribution in [3.63, 3.8) is 0 Å². The van der Waals surface area contributed by atoms with Crippen LogP contribution in [0.25, 0.3) is 0 Å². The molecule has 1 atom stereocenters. The summed E-state index contributed by atoms with van der Waals surface area (Å²) in [6, 6.07) is 0. The van der Waals surface area contributed by atoms with Gasteiger partial charge in [-0.1, -0.05) is 12.2 Å². The van der Waals surface area contributed by atoms with E-state index in [1.807, 2.05) is 27.7 Å². The lowest BCUT2D eigenvalue weighted by atomic mass is 9.85. The van der Waals surface area contributed by atoms with Crippen molar-refractivity contribution in [3.8, 4) is 0 Å². The molecular weight excluding hydrogens is 230 g/mol. The monoisotopic (exact) mass is 253 g/mol. The van der Waals surface area contributed by atoms with Crippen LogP contribution in [0.15, 0.2) is 12.2 Å². The van der Waals surface area contributed by atoms with Crippen molar-refractivity contribution in [2.45, 2.75) is 45.3 Å². The van der Waals surface area contributed by atoms with E-state index in [-0.39, 0.29) is 11.7 Å². The number of ether oxygens (including phenoxy) is 2. The molecule has 0 aromatic carbocycles.